The summed E-state index contributed by atoms with van der Waals surface area (Å²) in [5, 5.41) is 1.06. The second kappa shape index (κ2) is 9.72. The minimum atomic E-state index is 0.152. The first-order valence-corrected chi connectivity index (χ1v) is 13.1. The molecule has 6 aromatic rings. The van der Waals surface area contributed by atoms with Crippen LogP contribution in [-0.2, 0) is 5.41 Å². The van der Waals surface area contributed by atoms with Gasteiger partial charge in [0.2, 0.25) is 0 Å². The zero-order valence-corrected chi connectivity index (χ0v) is 22.0. The standard InChI is InChI=1S/C36H30N2/c1-36(2,3)31-22-20-26(21-23-31)30-13-9-12-29(24-30)25-16-18-28(19-17-25)35-37-33-15-8-7-14-32(33)34(38-35)27-10-5-4-6-11-27/h4-24H,1-3H3. The van der Waals surface area contributed by atoms with Crippen LogP contribution in [0.25, 0.3) is 55.8 Å². The Morgan fingerprint density at radius 3 is 1.66 bits per heavy atom. The predicted molar refractivity (Wildman–Crippen MR) is 160 cm³/mol. The summed E-state index contributed by atoms with van der Waals surface area (Å²) in [6, 6.07) is 44.8. The van der Waals surface area contributed by atoms with Crippen molar-refractivity contribution >= 4 is 10.9 Å². The first kappa shape index (κ1) is 23.8. The number of fused-ring (bicyclic) bond motifs is 1. The molecule has 0 aliphatic rings. The minimum Gasteiger partial charge on any atom is -0.228 e. The Kier molecular flexibility index (Phi) is 6.09. The highest BCUT2D eigenvalue weighted by Crippen LogP contribution is 2.32. The van der Waals surface area contributed by atoms with E-state index in [1.807, 2.05) is 30.3 Å². The lowest BCUT2D eigenvalue weighted by Crippen LogP contribution is -2.10. The van der Waals surface area contributed by atoms with Gasteiger partial charge in [-0.3, -0.25) is 0 Å². The molecule has 1 aromatic heterocycles. The Labute approximate surface area is 224 Å². The molecule has 0 fully saturated rings. The SMILES string of the molecule is CC(C)(C)c1ccc(-c2cccc(-c3ccc(-c4nc(-c5ccccc5)c5ccccc5n4)cc3)c2)cc1. The first-order chi connectivity index (χ1) is 18.5. The van der Waals surface area contributed by atoms with Gasteiger partial charge in [-0.25, -0.2) is 9.97 Å². The fourth-order valence-electron chi connectivity index (χ4n) is 4.87. The molecule has 0 unspecified atom stereocenters. The molecule has 0 bridgehead atoms. The molecule has 0 radical (unpaired) electrons. The molecular weight excluding hydrogens is 460 g/mol. The average molecular weight is 491 g/mol. The number of para-hydroxylation sites is 1. The number of rotatable bonds is 4. The molecule has 184 valence electrons. The Morgan fingerprint density at radius 2 is 1.00 bits per heavy atom. The lowest BCUT2D eigenvalue weighted by molar-refractivity contribution is 0.590. The van der Waals surface area contributed by atoms with Crippen molar-refractivity contribution < 1.29 is 0 Å². The van der Waals surface area contributed by atoms with Gasteiger partial charge in [0.1, 0.15) is 0 Å². The molecule has 38 heavy (non-hydrogen) atoms. The van der Waals surface area contributed by atoms with E-state index in [0.717, 1.165) is 33.5 Å². The van der Waals surface area contributed by atoms with Gasteiger partial charge in [0.25, 0.3) is 0 Å². The van der Waals surface area contributed by atoms with Gasteiger partial charge in [-0.15, -0.1) is 0 Å². The smallest absolute Gasteiger partial charge is 0.160 e. The van der Waals surface area contributed by atoms with Gasteiger partial charge in [-0.2, -0.15) is 0 Å². The van der Waals surface area contributed by atoms with Crippen LogP contribution in [-0.4, -0.2) is 9.97 Å². The van der Waals surface area contributed by atoms with Crippen LogP contribution < -0.4 is 0 Å². The molecule has 0 atom stereocenters. The van der Waals surface area contributed by atoms with Gasteiger partial charge >= 0.3 is 0 Å². The van der Waals surface area contributed by atoms with E-state index in [1.54, 1.807) is 0 Å². The molecule has 0 amide bonds. The molecule has 0 aliphatic carbocycles. The number of benzene rings is 5. The first-order valence-electron chi connectivity index (χ1n) is 13.1. The van der Waals surface area contributed by atoms with Crippen molar-refractivity contribution in [2.45, 2.75) is 26.2 Å². The van der Waals surface area contributed by atoms with Gasteiger partial charge in [0.05, 0.1) is 11.2 Å². The third kappa shape index (κ3) is 4.73. The summed E-state index contributed by atoms with van der Waals surface area (Å²) in [4.78, 5) is 9.91. The highest BCUT2D eigenvalue weighted by molar-refractivity contribution is 5.93. The molecule has 2 heteroatoms. The van der Waals surface area contributed by atoms with Gasteiger partial charge < -0.3 is 0 Å². The largest absolute Gasteiger partial charge is 0.228 e. The van der Waals surface area contributed by atoms with Gasteiger partial charge in [-0.05, 0) is 45.4 Å². The van der Waals surface area contributed by atoms with Crippen LogP contribution in [0.15, 0.2) is 127 Å². The Balaban J connectivity index is 1.34. The van der Waals surface area contributed by atoms with Crippen molar-refractivity contribution in [2.75, 3.05) is 0 Å². The fraction of sp³-hybridized carbons (Fsp3) is 0.111. The van der Waals surface area contributed by atoms with Crippen LogP contribution in [0.4, 0.5) is 0 Å². The molecule has 0 saturated heterocycles. The molecule has 0 saturated carbocycles. The maximum Gasteiger partial charge on any atom is 0.160 e. The van der Waals surface area contributed by atoms with Crippen molar-refractivity contribution in [3.05, 3.63) is 133 Å². The van der Waals surface area contributed by atoms with E-state index >= 15 is 0 Å². The predicted octanol–water partition coefficient (Wildman–Crippen LogP) is 9.60. The number of aromatic nitrogens is 2. The number of hydrogen-bond acceptors (Lipinski definition) is 2. The molecular formula is C36H30N2. The zero-order chi connectivity index (χ0) is 26.1. The van der Waals surface area contributed by atoms with E-state index in [-0.39, 0.29) is 5.41 Å². The average Bonchev–Trinajstić information content (AvgIpc) is 2.97. The second-order valence-corrected chi connectivity index (χ2v) is 10.8. The van der Waals surface area contributed by atoms with E-state index in [1.165, 1.54) is 27.8 Å². The van der Waals surface area contributed by atoms with E-state index in [9.17, 15) is 0 Å². The maximum absolute atomic E-state index is 5.01. The van der Waals surface area contributed by atoms with Crippen molar-refractivity contribution in [3.63, 3.8) is 0 Å². The molecule has 0 N–H and O–H groups in total. The van der Waals surface area contributed by atoms with E-state index in [0.29, 0.717) is 0 Å². The normalized spacial score (nSPS) is 11.6. The Morgan fingerprint density at radius 1 is 0.447 bits per heavy atom. The topological polar surface area (TPSA) is 25.8 Å². The van der Waals surface area contributed by atoms with Crippen molar-refractivity contribution in [1.82, 2.24) is 9.97 Å². The van der Waals surface area contributed by atoms with Crippen molar-refractivity contribution in [3.8, 4) is 44.9 Å². The zero-order valence-electron chi connectivity index (χ0n) is 22.0. The van der Waals surface area contributed by atoms with Gasteiger partial charge in [0.15, 0.2) is 5.82 Å². The summed E-state index contributed by atoms with van der Waals surface area (Å²) in [7, 11) is 0. The van der Waals surface area contributed by atoms with Crippen LogP contribution in [0, 0.1) is 0 Å². The maximum atomic E-state index is 5.01. The Hall–Kier alpha value is -4.56. The molecule has 5 aromatic carbocycles. The summed E-state index contributed by atoms with van der Waals surface area (Å²) in [5.41, 5.74) is 10.3. The highest BCUT2D eigenvalue weighted by atomic mass is 14.9. The van der Waals surface area contributed by atoms with Crippen molar-refractivity contribution in [2.24, 2.45) is 0 Å². The quantitative estimate of drug-likeness (QED) is 0.246. The monoisotopic (exact) mass is 490 g/mol. The van der Waals surface area contributed by atoms with Crippen LogP contribution in [0.5, 0.6) is 0 Å². The van der Waals surface area contributed by atoms with Crippen LogP contribution in [0.1, 0.15) is 26.3 Å². The van der Waals surface area contributed by atoms with E-state index in [4.69, 9.17) is 9.97 Å². The molecule has 2 nitrogen and oxygen atoms in total. The van der Waals surface area contributed by atoms with Crippen LogP contribution in [0.2, 0.25) is 0 Å². The van der Waals surface area contributed by atoms with E-state index < -0.39 is 0 Å². The molecule has 1 heterocycles. The molecule has 6 rings (SSSR count). The van der Waals surface area contributed by atoms with Crippen LogP contribution in [0.3, 0.4) is 0 Å². The third-order valence-corrected chi connectivity index (χ3v) is 7.07. The number of hydrogen-bond donors (Lipinski definition) is 0. The Bertz CT molecular complexity index is 1710. The summed E-state index contributed by atoms with van der Waals surface area (Å²) in [6.07, 6.45) is 0. The molecule has 0 aliphatic heterocycles. The minimum absolute atomic E-state index is 0.152. The number of nitrogens with zero attached hydrogens (tertiary/aromatic N) is 2. The second-order valence-electron chi connectivity index (χ2n) is 10.8. The summed E-state index contributed by atoms with van der Waals surface area (Å²) >= 11 is 0. The van der Waals surface area contributed by atoms with Gasteiger partial charge in [-0.1, -0.05) is 136 Å². The van der Waals surface area contributed by atoms with Crippen molar-refractivity contribution in [1.29, 1.82) is 0 Å². The molecule has 0 spiro atoms. The van der Waals surface area contributed by atoms with E-state index in [2.05, 4.69) is 118 Å². The summed E-state index contributed by atoms with van der Waals surface area (Å²) in [6.45, 7) is 6.74. The highest BCUT2D eigenvalue weighted by Gasteiger charge is 2.14. The van der Waals surface area contributed by atoms with Crippen LogP contribution >= 0.6 is 0 Å². The lowest BCUT2D eigenvalue weighted by Gasteiger charge is -2.19. The fourth-order valence-corrected chi connectivity index (χ4v) is 4.87. The summed E-state index contributed by atoms with van der Waals surface area (Å²) < 4.78 is 0. The third-order valence-electron chi connectivity index (χ3n) is 7.07. The lowest BCUT2D eigenvalue weighted by atomic mass is 9.86. The summed E-state index contributed by atoms with van der Waals surface area (Å²) in [5.74, 6) is 0.738. The van der Waals surface area contributed by atoms with Gasteiger partial charge in [0, 0.05) is 16.5 Å².